The van der Waals surface area contributed by atoms with Gasteiger partial charge in [0.2, 0.25) is 17.6 Å². The van der Waals surface area contributed by atoms with Crippen LogP contribution in [0.25, 0.3) is 11.4 Å². The molecule has 1 fully saturated rings. The highest BCUT2D eigenvalue weighted by atomic mass is 16.5. The molecule has 0 saturated carbocycles. The Kier molecular flexibility index (Phi) is 6.34. The Bertz CT molecular complexity index is 785. The van der Waals surface area contributed by atoms with E-state index in [-0.39, 0.29) is 17.4 Å². The Labute approximate surface area is 166 Å². The van der Waals surface area contributed by atoms with Crippen LogP contribution in [-0.4, -0.2) is 46.7 Å². The van der Waals surface area contributed by atoms with Gasteiger partial charge in [-0.2, -0.15) is 4.98 Å². The largest absolute Gasteiger partial charge is 0.497 e. The van der Waals surface area contributed by atoms with Gasteiger partial charge in [-0.15, -0.1) is 0 Å². The Balaban J connectivity index is 1.59. The van der Waals surface area contributed by atoms with Crippen molar-refractivity contribution in [3.8, 4) is 17.1 Å². The van der Waals surface area contributed by atoms with Gasteiger partial charge in [-0.25, -0.2) is 0 Å². The molecule has 0 bridgehead atoms. The van der Waals surface area contributed by atoms with Gasteiger partial charge < -0.3 is 14.6 Å². The van der Waals surface area contributed by atoms with Crippen molar-refractivity contribution in [3.05, 3.63) is 30.2 Å². The minimum absolute atomic E-state index is 0.00329. The first-order valence-corrected chi connectivity index (χ1v) is 9.91. The smallest absolute Gasteiger partial charge is 0.241 e. The molecule has 0 spiro atoms. The van der Waals surface area contributed by atoms with Crippen LogP contribution in [0.1, 0.15) is 45.9 Å². The number of amides is 1. The predicted octanol–water partition coefficient (Wildman–Crippen LogP) is 3.26. The van der Waals surface area contributed by atoms with Crippen LogP contribution in [0.15, 0.2) is 28.8 Å². The molecule has 1 unspecified atom stereocenters. The number of carbonyl (C=O) groups is 1. The number of nitrogens with zero attached hydrogens (tertiary/aromatic N) is 3. The van der Waals surface area contributed by atoms with Crippen molar-refractivity contribution >= 4 is 5.91 Å². The van der Waals surface area contributed by atoms with Crippen molar-refractivity contribution in [2.24, 2.45) is 5.92 Å². The van der Waals surface area contributed by atoms with Crippen LogP contribution in [0.4, 0.5) is 0 Å². The van der Waals surface area contributed by atoms with E-state index in [1.54, 1.807) is 7.11 Å². The lowest BCUT2D eigenvalue weighted by atomic mass is 9.94. The molecule has 28 heavy (non-hydrogen) atoms. The number of rotatable bonds is 7. The summed E-state index contributed by atoms with van der Waals surface area (Å²) in [4.78, 5) is 19.3. The minimum Gasteiger partial charge on any atom is -0.497 e. The molecule has 1 N–H and O–H groups in total. The van der Waals surface area contributed by atoms with Crippen LogP contribution in [0.5, 0.6) is 5.75 Å². The number of methoxy groups -OCH3 is 1. The van der Waals surface area contributed by atoms with Gasteiger partial charge >= 0.3 is 0 Å². The quantitative estimate of drug-likeness (QED) is 0.787. The molecule has 1 aromatic heterocycles. The minimum atomic E-state index is -0.168. The first-order valence-electron chi connectivity index (χ1n) is 9.91. The molecule has 1 aliphatic heterocycles. The van der Waals surface area contributed by atoms with Crippen molar-refractivity contribution in [1.29, 1.82) is 0 Å². The van der Waals surface area contributed by atoms with E-state index in [1.165, 1.54) is 0 Å². The number of piperidine rings is 1. The van der Waals surface area contributed by atoms with Crippen LogP contribution in [-0.2, 0) is 11.3 Å². The summed E-state index contributed by atoms with van der Waals surface area (Å²) < 4.78 is 10.6. The first-order chi connectivity index (χ1) is 13.4. The number of benzene rings is 1. The second-order valence-electron chi connectivity index (χ2n) is 8.04. The Morgan fingerprint density at radius 1 is 1.36 bits per heavy atom. The Morgan fingerprint density at radius 2 is 2.11 bits per heavy atom. The van der Waals surface area contributed by atoms with E-state index in [4.69, 9.17) is 9.26 Å². The van der Waals surface area contributed by atoms with Crippen molar-refractivity contribution < 1.29 is 14.1 Å². The number of carbonyl (C=O) groups excluding carboxylic acids is 1. The Morgan fingerprint density at radius 3 is 2.79 bits per heavy atom. The second kappa shape index (κ2) is 8.73. The fourth-order valence-corrected chi connectivity index (χ4v) is 3.30. The molecular weight excluding hydrogens is 356 g/mol. The zero-order valence-electron chi connectivity index (χ0n) is 17.2. The van der Waals surface area contributed by atoms with Crippen LogP contribution in [0.2, 0.25) is 0 Å². The lowest BCUT2D eigenvalue weighted by molar-refractivity contribution is -0.128. The van der Waals surface area contributed by atoms with Gasteiger partial charge in [-0.3, -0.25) is 9.69 Å². The highest BCUT2D eigenvalue weighted by molar-refractivity contribution is 5.79. The maximum absolute atomic E-state index is 12.6. The fraction of sp³-hybridized carbons (Fsp3) is 0.571. The average Bonchev–Trinajstić information content (AvgIpc) is 3.16. The molecule has 1 amide bonds. The van der Waals surface area contributed by atoms with Crippen molar-refractivity contribution in [3.63, 3.8) is 0 Å². The molecule has 0 aliphatic carbocycles. The van der Waals surface area contributed by atoms with Gasteiger partial charge in [0.1, 0.15) is 5.75 Å². The Hall–Kier alpha value is -2.41. The van der Waals surface area contributed by atoms with Crippen LogP contribution >= 0.6 is 0 Å². The molecule has 0 radical (unpaired) electrons. The van der Waals surface area contributed by atoms with Crippen molar-refractivity contribution in [1.82, 2.24) is 20.4 Å². The van der Waals surface area contributed by atoms with Gasteiger partial charge in [-0.05, 0) is 63.9 Å². The first kappa shape index (κ1) is 20.3. The number of ether oxygens (including phenoxy) is 1. The average molecular weight is 386 g/mol. The molecular formula is C21H30N4O3. The fourth-order valence-electron chi connectivity index (χ4n) is 3.30. The number of nitrogens with one attached hydrogen (secondary N) is 1. The molecule has 7 nitrogen and oxygen atoms in total. The summed E-state index contributed by atoms with van der Waals surface area (Å²) in [6.07, 6.45) is 2.82. The van der Waals surface area contributed by atoms with Crippen molar-refractivity contribution in [2.75, 3.05) is 20.2 Å². The summed E-state index contributed by atoms with van der Waals surface area (Å²) in [6.45, 7) is 8.41. The zero-order valence-corrected chi connectivity index (χ0v) is 17.2. The second-order valence-corrected chi connectivity index (χ2v) is 8.04. The maximum atomic E-state index is 12.6. The van der Waals surface area contributed by atoms with E-state index in [0.29, 0.717) is 24.8 Å². The molecule has 3 rings (SSSR count). The SMILES string of the molecule is CCC(C)(C)NC(=O)C1CCCN(Cc2nc(-c3ccc(OC)cc3)no2)C1. The number of aromatic nitrogens is 2. The summed E-state index contributed by atoms with van der Waals surface area (Å²) >= 11 is 0. The van der Waals surface area contributed by atoms with Crippen LogP contribution in [0.3, 0.4) is 0 Å². The third-order valence-corrected chi connectivity index (χ3v) is 5.40. The van der Waals surface area contributed by atoms with Crippen LogP contribution < -0.4 is 10.1 Å². The zero-order chi connectivity index (χ0) is 20.1. The lowest BCUT2D eigenvalue weighted by Crippen LogP contribution is -2.49. The summed E-state index contributed by atoms with van der Waals surface area (Å²) in [5.74, 6) is 2.07. The molecule has 152 valence electrons. The van der Waals surface area contributed by atoms with E-state index >= 15 is 0 Å². The molecule has 1 aliphatic rings. The molecule has 1 saturated heterocycles. The van der Waals surface area contributed by atoms with Gasteiger partial charge in [-0.1, -0.05) is 12.1 Å². The third kappa shape index (κ3) is 5.10. The predicted molar refractivity (Wildman–Crippen MR) is 107 cm³/mol. The highest BCUT2D eigenvalue weighted by Gasteiger charge is 2.29. The third-order valence-electron chi connectivity index (χ3n) is 5.40. The van der Waals surface area contributed by atoms with Gasteiger partial charge in [0, 0.05) is 17.6 Å². The van der Waals surface area contributed by atoms with Gasteiger partial charge in [0.25, 0.3) is 0 Å². The van der Waals surface area contributed by atoms with E-state index < -0.39 is 0 Å². The van der Waals surface area contributed by atoms with E-state index in [1.807, 2.05) is 24.3 Å². The summed E-state index contributed by atoms with van der Waals surface area (Å²) in [6, 6.07) is 7.56. The molecule has 1 aromatic carbocycles. The molecule has 7 heteroatoms. The number of likely N-dealkylation sites (tertiary alicyclic amines) is 1. The van der Waals surface area contributed by atoms with E-state index in [0.717, 1.165) is 37.1 Å². The maximum Gasteiger partial charge on any atom is 0.241 e. The topological polar surface area (TPSA) is 80.5 Å². The number of hydrogen-bond donors (Lipinski definition) is 1. The van der Waals surface area contributed by atoms with Crippen LogP contribution in [0, 0.1) is 5.92 Å². The van der Waals surface area contributed by atoms with Gasteiger partial charge in [0.15, 0.2) is 0 Å². The normalized spacial score (nSPS) is 18.1. The summed E-state index contributed by atoms with van der Waals surface area (Å²) in [5.41, 5.74) is 0.715. The van der Waals surface area contributed by atoms with E-state index in [9.17, 15) is 4.79 Å². The van der Waals surface area contributed by atoms with Crippen molar-refractivity contribution in [2.45, 2.75) is 52.1 Å². The molecule has 2 heterocycles. The summed E-state index contributed by atoms with van der Waals surface area (Å²) in [7, 11) is 1.64. The summed E-state index contributed by atoms with van der Waals surface area (Å²) in [5, 5.41) is 7.26. The van der Waals surface area contributed by atoms with Gasteiger partial charge in [0.05, 0.1) is 19.6 Å². The molecule has 2 aromatic rings. The lowest BCUT2D eigenvalue weighted by Gasteiger charge is -2.33. The van der Waals surface area contributed by atoms with E-state index in [2.05, 4.69) is 41.1 Å². The number of hydrogen-bond acceptors (Lipinski definition) is 6. The standard InChI is InChI=1S/C21H30N4O3/c1-5-21(2,3)23-20(26)16-7-6-12-25(13-16)14-18-22-19(24-28-18)15-8-10-17(27-4)11-9-15/h8-11,16H,5-7,12-14H2,1-4H3,(H,23,26). The highest BCUT2D eigenvalue weighted by Crippen LogP contribution is 2.22. The monoisotopic (exact) mass is 386 g/mol. The molecule has 1 atom stereocenters.